The maximum Gasteiger partial charge on any atom is 1.00 e. The summed E-state index contributed by atoms with van der Waals surface area (Å²) >= 11 is 0. The van der Waals surface area contributed by atoms with Crippen LogP contribution in [-0.4, -0.2) is 6.96 Å². The molecule has 4 aromatic carbocycles. The van der Waals surface area contributed by atoms with Gasteiger partial charge in [0.05, 0.1) is 23.0 Å². The Labute approximate surface area is 198 Å². The van der Waals surface area contributed by atoms with Crippen molar-refractivity contribution in [3.8, 4) is 23.0 Å². The Morgan fingerprint density at radius 3 is 0.733 bits per heavy atom. The molecule has 0 fully saturated rings. The fourth-order valence-electron chi connectivity index (χ4n) is 2.81. The Bertz CT molecular complexity index is 831. The molecule has 0 aromatic heterocycles. The molecule has 4 nitrogen and oxygen atoms in total. The van der Waals surface area contributed by atoms with Gasteiger partial charge in [-0.3, -0.25) is 0 Å². The maximum absolute atomic E-state index is 6.21. The smallest absolute Gasteiger partial charge is 0.611 e. The van der Waals surface area contributed by atoms with Crippen LogP contribution in [0.5, 0.6) is 23.0 Å². The molecule has 0 N–H and O–H groups in total. The van der Waals surface area contributed by atoms with E-state index in [-0.39, 0.29) is 29.6 Å². The van der Waals surface area contributed by atoms with Gasteiger partial charge >= 0.3 is 36.5 Å². The third kappa shape index (κ3) is 6.07. The van der Waals surface area contributed by atoms with Crippen molar-refractivity contribution in [3.05, 3.63) is 121 Å². The van der Waals surface area contributed by atoms with Crippen LogP contribution < -0.4 is 48.2 Å². The van der Waals surface area contributed by atoms with E-state index >= 15 is 0 Å². The Morgan fingerprint density at radius 1 is 0.333 bits per heavy atom. The zero-order chi connectivity index (χ0) is 19.8. The van der Waals surface area contributed by atoms with Crippen molar-refractivity contribution in [2.45, 2.75) is 0 Å². The zero-order valence-electron chi connectivity index (χ0n) is 16.8. The average Bonchev–Trinajstić information content (AvgIpc) is 2.76. The molecule has 0 aliphatic heterocycles. The molecule has 0 radical (unpaired) electrons. The Morgan fingerprint density at radius 2 is 0.533 bits per heavy atom. The third-order valence-corrected chi connectivity index (χ3v) is 4.09. The molecule has 0 saturated heterocycles. The van der Waals surface area contributed by atoms with Crippen molar-refractivity contribution in [1.29, 1.82) is 0 Å². The molecule has 0 bridgehead atoms. The van der Waals surface area contributed by atoms with Gasteiger partial charge in [-0.25, -0.2) is 0 Å². The molecule has 0 atom stereocenters. The number of benzene rings is 4. The molecule has 0 aliphatic carbocycles. The van der Waals surface area contributed by atoms with E-state index in [0.717, 1.165) is 0 Å². The van der Waals surface area contributed by atoms with Gasteiger partial charge in [-0.05, 0) is 48.5 Å². The fourth-order valence-corrected chi connectivity index (χ4v) is 2.81. The van der Waals surface area contributed by atoms with Crippen LogP contribution in [-0.2, 0) is 0 Å². The van der Waals surface area contributed by atoms with Gasteiger partial charge < -0.3 is 18.6 Å². The molecule has 0 saturated carbocycles. The summed E-state index contributed by atoms with van der Waals surface area (Å²) < 4.78 is 24.8. The molecule has 4 aromatic rings. The van der Waals surface area contributed by atoms with Gasteiger partial charge in [-0.1, -0.05) is 72.8 Å². The Hall–Kier alpha value is -2.86. The van der Waals surface area contributed by atoms with Crippen molar-refractivity contribution in [3.63, 3.8) is 0 Å². The van der Waals surface area contributed by atoms with Crippen molar-refractivity contribution in [2.24, 2.45) is 0 Å². The van der Waals surface area contributed by atoms with E-state index < -0.39 is 6.96 Å². The number of para-hydroxylation sites is 4. The normalized spacial score (nSPS) is 10.4. The van der Waals surface area contributed by atoms with Crippen molar-refractivity contribution in [2.75, 3.05) is 0 Å². The molecule has 6 heteroatoms. The first-order valence-corrected chi connectivity index (χ1v) is 9.40. The van der Waals surface area contributed by atoms with Crippen LogP contribution in [0.2, 0.25) is 0 Å². The van der Waals surface area contributed by atoms with E-state index in [1.165, 1.54) is 0 Å². The molecule has 0 heterocycles. The summed E-state index contributed by atoms with van der Waals surface area (Å²) in [6.45, 7) is -2.73. The summed E-state index contributed by atoms with van der Waals surface area (Å²) in [5.74, 6) is 2.26. The van der Waals surface area contributed by atoms with Crippen LogP contribution in [0.25, 0.3) is 0 Å². The second-order valence-electron chi connectivity index (χ2n) is 6.30. The van der Waals surface area contributed by atoms with Gasteiger partial charge in [0.25, 0.3) is 0 Å². The molecule has 30 heavy (non-hydrogen) atoms. The van der Waals surface area contributed by atoms with E-state index in [4.69, 9.17) is 18.6 Å². The van der Waals surface area contributed by atoms with Crippen LogP contribution in [0.15, 0.2) is 121 Å². The number of hydrogen-bond acceptors (Lipinski definition) is 4. The van der Waals surface area contributed by atoms with E-state index in [0.29, 0.717) is 23.0 Å². The van der Waals surface area contributed by atoms with Crippen molar-refractivity contribution in [1.82, 2.24) is 0 Å². The van der Waals surface area contributed by atoms with Crippen molar-refractivity contribution < 1.29 is 48.2 Å². The number of hydrogen-bond donors (Lipinski definition) is 0. The van der Waals surface area contributed by atoms with E-state index in [2.05, 4.69) is 0 Å². The summed E-state index contributed by atoms with van der Waals surface area (Å²) in [4.78, 5) is 0. The fraction of sp³-hybridized carbons (Fsp3) is 0. The summed E-state index contributed by atoms with van der Waals surface area (Å²) in [6.07, 6.45) is 0. The first-order valence-electron chi connectivity index (χ1n) is 9.40. The summed E-state index contributed by atoms with van der Waals surface area (Å²) in [6, 6.07) is 37.3. The first kappa shape index (κ1) is 21.8. The van der Waals surface area contributed by atoms with Crippen LogP contribution >= 0.6 is 0 Å². The topological polar surface area (TPSA) is 36.9 Å². The standard InChI is InChI=1S/C24H20BO4.Na/c1-5-13-21(14-6-1)26-25(27-22-15-7-2-8-16-22,28-23-17-9-3-10-18-23)29-24-19-11-4-12-20-24;/h1-20H;/q-1;+1. The molecule has 144 valence electrons. The Balaban J connectivity index is 0.00000256. The van der Waals surface area contributed by atoms with Gasteiger partial charge in [0.15, 0.2) is 0 Å². The van der Waals surface area contributed by atoms with Gasteiger partial charge in [-0.15, -0.1) is 0 Å². The third-order valence-electron chi connectivity index (χ3n) is 4.09. The summed E-state index contributed by atoms with van der Waals surface area (Å²) in [7, 11) is 0. The quantitative estimate of drug-likeness (QED) is 0.422. The van der Waals surface area contributed by atoms with E-state index in [1.807, 2.05) is 121 Å². The number of rotatable bonds is 8. The second-order valence-corrected chi connectivity index (χ2v) is 6.30. The monoisotopic (exact) mass is 406 g/mol. The molecule has 0 spiro atoms. The molecule has 0 unspecified atom stereocenters. The van der Waals surface area contributed by atoms with E-state index in [1.54, 1.807) is 0 Å². The minimum absolute atomic E-state index is 0. The van der Waals surface area contributed by atoms with Crippen LogP contribution in [0, 0.1) is 0 Å². The molecular weight excluding hydrogens is 386 g/mol. The SMILES string of the molecule is [Na+].c1ccc(O[B-](Oc2ccccc2)(Oc2ccccc2)Oc2ccccc2)cc1. The predicted molar refractivity (Wildman–Crippen MR) is 114 cm³/mol. The predicted octanol–water partition coefficient (Wildman–Crippen LogP) is 2.74. The Kier molecular flexibility index (Phi) is 7.86. The minimum atomic E-state index is -2.73. The van der Waals surface area contributed by atoms with Gasteiger partial charge in [0.1, 0.15) is 0 Å². The first-order chi connectivity index (χ1) is 14.3. The summed E-state index contributed by atoms with van der Waals surface area (Å²) in [5.41, 5.74) is 0. The van der Waals surface area contributed by atoms with Crippen molar-refractivity contribution >= 4 is 6.96 Å². The maximum atomic E-state index is 6.21. The molecule has 0 amide bonds. The minimum Gasteiger partial charge on any atom is -0.611 e. The van der Waals surface area contributed by atoms with Crippen LogP contribution in [0.3, 0.4) is 0 Å². The summed E-state index contributed by atoms with van der Waals surface area (Å²) in [5, 5.41) is 0. The van der Waals surface area contributed by atoms with Crippen LogP contribution in [0.1, 0.15) is 0 Å². The van der Waals surface area contributed by atoms with Gasteiger partial charge in [-0.2, -0.15) is 0 Å². The largest absolute Gasteiger partial charge is 1.00 e. The van der Waals surface area contributed by atoms with Gasteiger partial charge in [0, 0.05) is 0 Å². The van der Waals surface area contributed by atoms with Gasteiger partial charge in [0.2, 0.25) is 0 Å². The van der Waals surface area contributed by atoms with Crippen LogP contribution in [0.4, 0.5) is 0 Å². The molecule has 0 aliphatic rings. The zero-order valence-corrected chi connectivity index (χ0v) is 18.8. The molecular formula is C24H20BNaO4. The second kappa shape index (κ2) is 10.8. The molecule has 4 rings (SSSR count). The average molecular weight is 406 g/mol. The van der Waals surface area contributed by atoms with E-state index in [9.17, 15) is 0 Å².